The number of hydrogen-bond acceptors (Lipinski definition) is 3. The number of aliphatic carboxylic acids is 1. The summed E-state index contributed by atoms with van der Waals surface area (Å²) in [6.45, 7) is 6.29. The van der Waals surface area contributed by atoms with E-state index in [-0.39, 0.29) is 24.8 Å². The molecule has 0 unspecified atom stereocenters. The molecule has 20 heavy (non-hydrogen) atoms. The van der Waals surface area contributed by atoms with E-state index < -0.39 is 12.0 Å². The Balaban J connectivity index is 0. The molecule has 0 saturated heterocycles. The number of carboxylic acids is 1. The van der Waals surface area contributed by atoms with E-state index in [0.717, 1.165) is 25.1 Å². The molecule has 0 bridgehead atoms. The lowest BCUT2D eigenvalue weighted by atomic mass is 10.1. The fourth-order valence-corrected chi connectivity index (χ4v) is 1.92. The van der Waals surface area contributed by atoms with Crippen LogP contribution in [-0.2, 0) is 11.2 Å². The van der Waals surface area contributed by atoms with Crippen molar-refractivity contribution in [3.63, 3.8) is 0 Å². The van der Waals surface area contributed by atoms with Gasteiger partial charge >= 0.3 is 5.97 Å². The van der Waals surface area contributed by atoms with Gasteiger partial charge in [0.25, 0.3) is 0 Å². The highest BCUT2D eigenvalue weighted by Crippen LogP contribution is 2.16. The maximum absolute atomic E-state index is 10.7. The number of rotatable bonds is 7. The van der Waals surface area contributed by atoms with Crippen LogP contribution in [-0.4, -0.2) is 30.2 Å². The fraction of sp³-hybridized carbons (Fsp3) is 0.500. The van der Waals surface area contributed by atoms with Gasteiger partial charge in [0.2, 0.25) is 0 Å². The maximum atomic E-state index is 10.7. The summed E-state index contributed by atoms with van der Waals surface area (Å²) in [6, 6.07) is 7.15. The van der Waals surface area contributed by atoms with Crippen LogP contribution in [0.15, 0.2) is 24.3 Å². The molecule has 0 spiro atoms. The zero-order valence-electron chi connectivity index (χ0n) is 11.9. The van der Waals surface area contributed by atoms with Crippen molar-refractivity contribution in [1.29, 1.82) is 0 Å². The molecule has 0 aliphatic rings. The monoisotopic (exact) mass is 322 g/mol. The maximum Gasteiger partial charge on any atom is 0.320 e. The molecule has 1 rings (SSSR count). The minimum atomic E-state index is -0.958. The molecule has 0 fully saturated rings. The third-order valence-electron chi connectivity index (χ3n) is 2.95. The van der Waals surface area contributed by atoms with Crippen LogP contribution >= 0.6 is 24.8 Å². The number of anilines is 1. The van der Waals surface area contributed by atoms with Gasteiger partial charge in [-0.25, -0.2) is 0 Å². The van der Waals surface area contributed by atoms with Crippen molar-refractivity contribution in [1.82, 2.24) is 0 Å². The molecule has 0 aromatic heterocycles. The Morgan fingerprint density at radius 2 is 1.80 bits per heavy atom. The minimum Gasteiger partial charge on any atom is -0.480 e. The molecule has 6 heteroatoms. The smallest absolute Gasteiger partial charge is 0.320 e. The second-order valence-corrected chi connectivity index (χ2v) is 4.39. The second kappa shape index (κ2) is 10.8. The summed E-state index contributed by atoms with van der Waals surface area (Å²) >= 11 is 0. The van der Waals surface area contributed by atoms with Crippen LogP contribution in [0, 0.1) is 0 Å². The molecule has 1 atom stereocenters. The summed E-state index contributed by atoms with van der Waals surface area (Å²) in [7, 11) is 0. The molecule has 116 valence electrons. The summed E-state index contributed by atoms with van der Waals surface area (Å²) in [6.07, 6.45) is 1.48. The molecule has 0 aliphatic carbocycles. The summed E-state index contributed by atoms with van der Waals surface area (Å²) in [5.74, 6) is -0.958. The van der Waals surface area contributed by atoms with Crippen molar-refractivity contribution < 1.29 is 9.90 Å². The van der Waals surface area contributed by atoms with Crippen LogP contribution in [0.2, 0.25) is 0 Å². The molecule has 0 heterocycles. The van der Waals surface area contributed by atoms with E-state index in [1.165, 1.54) is 5.69 Å². The van der Waals surface area contributed by atoms with Crippen LogP contribution in [0.1, 0.15) is 25.8 Å². The number of carbonyl (C=O) groups is 1. The number of nitrogens with zero attached hydrogens (tertiary/aromatic N) is 1. The van der Waals surface area contributed by atoms with Crippen LogP contribution < -0.4 is 10.6 Å². The van der Waals surface area contributed by atoms with Gasteiger partial charge in [0.05, 0.1) is 0 Å². The lowest BCUT2D eigenvalue weighted by molar-refractivity contribution is -0.138. The van der Waals surface area contributed by atoms with Crippen LogP contribution in [0.3, 0.4) is 0 Å². The van der Waals surface area contributed by atoms with Crippen molar-refractivity contribution in [2.24, 2.45) is 5.73 Å². The Morgan fingerprint density at radius 3 is 2.20 bits per heavy atom. The predicted octanol–water partition coefficient (Wildman–Crippen LogP) is 2.72. The zero-order valence-corrected chi connectivity index (χ0v) is 13.5. The molecular weight excluding hydrogens is 299 g/mol. The van der Waals surface area contributed by atoms with Crippen molar-refractivity contribution in [2.45, 2.75) is 32.7 Å². The summed E-state index contributed by atoms with van der Waals surface area (Å²) in [4.78, 5) is 13.0. The highest BCUT2D eigenvalue weighted by molar-refractivity contribution is 5.85. The lowest BCUT2D eigenvalue weighted by Gasteiger charge is -2.22. The molecule has 0 amide bonds. The number of carboxylic acid groups (broad SMARTS) is 1. The molecule has 1 aromatic rings. The van der Waals surface area contributed by atoms with Crippen molar-refractivity contribution in [3.05, 3.63) is 29.8 Å². The number of halogens is 2. The number of benzene rings is 1. The van der Waals surface area contributed by atoms with Crippen molar-refractivity contribution in [3.8, 4) is 0 Å². The number of nitrogens with two attached hydrogens (primary N) is 1. The predicted molar refractivity (Wildman–Crippen MR) is 88.4 cm³/mol. The Labute approximate surface area is 133 Å². The topological polar surface area (TPSA) is 66.6 Å². The van der Waals surface area contributed by atoms with E-state index in [1.807, 2.05) is 24.3 Å². The quantitative estimate of drug-likeness (QED) is 0.810. The normalized spacial score (nSPS) is 10.9. The lowest BCUT2D eigenvalue weighted by Crippen LogP contribution is -2.32. The van der Waals surface area contributed by atoms with Crippen LogP contribution in [0.4, 0.5) is 5.69 Å². The third kappa shape index (κ3) is 6.46. The van der Waals surface area contributed by atoms with Gasteiger partial charge in [-0.05, 0) is 37.5 Å². The SMILES string of the molecule is CCCN(CC)c1ccc(C[C@H](N)C(=O)O)cc1.Cl.Cl. The van der Waals surface area contributed by atoms with E-state index in [0.29, 0.717) is 6.42 Å². The van der Waals surface area contributed by atoms with Crippen molar-refractivity contribution in [2.75, 3.05) is 18.0 Å². The van der Waals surface area contributed by atoms with E-state index in [4.69, 9.17) is 10.8 Å². The zero-order chi connectivity index (χ0) is 13.5. The van der Waals surface area contributed by atoms with Gasteiger partial charge in [-0.1, -0.05) is 19.1 Å². The first kappa shape index (κ1) is 21.3. The molecule has 0 saturated carbocycles. The van der Waals surface area contributed by atoms with Gasteiger partial charge in [-0.15, -0.1) is 24.8 Å². The molecule has 0 radical (unpaired) electrons. The average molecular weight is 323 g/mol. The first-order valence-corrected chi connectivity index (χ1v) is 6.40. The first-order chi connectivity index (χ1) is 8.58. The highest BCUT2D eigenvalue weighted by Gasteiger charge is 2.12. The Morgan fingerprint density at radius 1 is 1.25 bits per heavy atom. The molecular formula is C14H24Cl2N2O2. The van der Waals surface area contributed by atoms with Gasteiger partial charge < -0.3 is 15.7 Å². The third-order valence-corrected chi connectivity index (χ3v) is 2.95. The van der Waals surface area contributed by atoms with Crippen LogP contribution in [0.5, 0.6) is 0 Å². The second-order valence-electron chi connectivity index (χ2n) is 4.39. The molecule has 3 N–H and O–H groups in total. The fourth-order valence-electron chi connectivity index (χ4n) is 1.92. The largest absolute Gasteiger partial charge is 0.480 e. The molecule has 1 aromatic carbocycles. The van der Waals surface area contributed by atoms with Crippen molar-refractivity contribution >= 4 is 36.5 Å². The average Bonchev–Trinajstić information content (AvgIpc) is 2.37. The van der Waals surface area contributed by atoms with Gasteiger partial charge in [0.15, 0.2) is 0 Å². The van der Waals surface area contributed by atoms with Gasteiger partial charge in [0.1, 0.15) is 6.04 Å². The number of hydrogen-bond donors (Lipinski definition) is 2. The summed E-state index contributed by atoms with van der Waals surface area (Å²) in [5.41, 5.74) is 7.64. The van der Waals surface area contributed by atoms with E-state index in [2.05, 4.69) is 18.7 Å². The van der Waals surface area contributed by atoms with Gasteiger partial charge in [0, 0.05) is 18.8 Å². The minimum absolute atomic E-state index is 0. The van der Waals surface area contributed by atoms with E-state index in [1.54, 1.807) is 0 Å². The Hall–Kier alpha value is -0.970. The van der Waals surface area contributed by atoms with Gasteiger partial charge in [-0.2, -0.15) is 0 Å². The first-order valence-electron chi connectivity index (χ1n) is 6.40. The van der Waals surface area contributed by atoms with E-state index in [9.17, 15) is 4.79 Å². The molecule has 0 aliphatic heterocycles. The standard InChI is InChI=1S/C14H22N2O2.2ClH/c1-3-9-16(4-2)12-7-5-11(6-8-12)10-13(15)14(17)18;;/h5-8,13H,3-4,9-10,15H2,1-2H3,(H,17,18);2*1H/t13-;;/m0../s1. The summed E-state index contributed by atoms with van der Waals surface area (Å²) in [5, 5.41) is 8.76. The highest BCUT2D eigenvalue weighted by atomic mass is 35.5. The Kier molecular flexibility index (Phi) is 11.5. The molecule has 4 nitrogen and oxygen atoms in total. The van der Waals surface area contributed by atoms with Crippen LogP contribution in [0.25, 0.3) is 0 Å². The summed E-state index contributed by atoms with van der Waals surface area (Å²) < 4.78 is 0. The Bertz CT molecular complexity index is 385. The van der Waals surface area contributed by atoms with E-state index >= 15 is 0 Å². The van der Waals surface area contributed by atoms with Gasteiger partial charge in [-0.3, -0.25) is 4.79 Å².